The minimum Gasteiger partial charge on any atom is -0.495 e. The molecule has 0 saturated carbocycles. The first-order chi connectivity index (χ1) is 8.10. The van der Waals surface area contributed by atoms with Crippen molar-refractivity contribution >= 4 is 49.3 Å². The summed E-state index contributed by atoms with van der Waals surface area (Å²) in [5.41, 5.74) is 1.10. The van der Waals surface area contributed by atoms with Gasteiger partial charge in [-0.2, -0.15) is 11.8 Å². The predicted octanol–water partition coefficient (Wildman–Crippen LogP) is 4.53. The molecule has 0 amide bonds. The van der Waals surface area contributed by atoms with Crippen LogP contribution in [0, 0.1) is 0 Å². The number of hydrogen-bond donors (Lipinski definition) is 1. The lowest BCUT2D eigenvalue weighted by atomic mass is 10.2. The number of methoxy groups -OCH3 is 1. The van der Waals surface area contributed by atoms with E-state index in [9.17, 15) is 0 Å². The lowest BCUT2D eigenvalue weighted by Gasteiger charge is -2.16. The summed E-state index contributed by atoms with van der Waals surface area (Å²) in [6.07, 6.45) is 1.22. The molecule has 17 heavy (non-hydrogen) atoms. The lowest BCUT2D eigenvalue weighted by Crippen LogP contribution is -2.19. The Bertz CT molecular complexity index is 414. The van der Waals surface area contributed by atoms with Crippen LogP contribution in [-0.4, -0.2) is 24.2 Å². The number of anilines is 1. The van der Waals surface area contributed by atoms with Gasteiger partial charge in [-0.3, -0.25) is 0 Å². The van der Waals surface area contributed by atoms with Crippen LogP contribution in [0.15, 0.2) is 21.1 Å². The number of nitrogens with one attached hydrogen (secondary N) is 1. The van der Waals surface area contributed by atoms with Gasteiger partial charge in [0.25, 0.3) is 0 Å². The van der Waals surface area contributed by atoms with Crippen molar-refractivity contribution in [2.75, 3.05) is 18.2 Å². The summed E-state index contributed by atoms with van der Waals surface area (Å²) in [4.78, 5) is 0. The molecule has 1 fully saturated rings. The van der Waals surface area contributed by atoms with Crippen LogP contribution in [0.1, 0.15) is 13.3 Å². The molecule has 5 heteroatoms. The Balaban J connectivity index is 2.15. The van der Waals surface area contributed by atoms with Crippen LogP contribution in [0.25, 0.3) is 0 Å². The summed E-state index contributed by atoms with van der Waals surface area (Å²) < 4.78 is 7.34. The van der Waals surface area contributed by atoms with Gasteiger partial charge >= 0.3 is 0 Å². The molecule has 1 aromatic carbocycles. The Labute approximate surface area is 123 Å². The Morgan fingerprint density at radius 3 is 2.71 bits per heavy atom. The van der Waals surface area contributed by atoms with Gasteiger partial charge in [-0.15, -0.1) is 0 Å². The topological polar surface area (TPSA) is 21.3 Å². The highest BCUT2D eigenvalue weighted by atomic mass is 79.9. The molecule has 2 nitrogen and oxygen atoms in total. The smallest absolute Gasteiger partial charge is 0.135 e. The van der Waals surface area contributed by atoms with Gasteiger partial charge < -0.3 is 10.1 Å². The van der Waals surface area contributed by atoms with E-state index in [0.29, 0.717) is 6.04 Å². The van der Waals surface area contributed by atoms with Gasteiger partial charge in [0.1, 0.15) is 5.75 Å². The van der Waals surface area contributed by atoms with Gasteiger partial charge in [-0.05, 0) is 44.3 Å². The fourth-order valence-electron chi connectivity index (χ4n) is 1.93. The van der Waals surface area contributed by atoms with Crippen molar-refractivity contribution in [1.82, 2.24) is 0 Å². The monoisotopic (exact) mass is 379 g/mol. The van der Waals surface area contributed by atoms with Crippen molar-refractivity contribution in [1.29, 1.82) is 0 Å². The third-order valence-corrected chi connectivity index (χ3v) is 5.43. The van der Waals surface area contributed by atoms with E-state index in [0.717, 1.165) is 25.6 Å². The summed E-state index contributed by atoms with van der Waals surface area (Å²) in [5.74, 6) is 2.03. The Morgan fingerprint density at radius 1 is 1.35 bits per heavy atom. The molecule has 1 aromatic rings. The number of ether oxygens (including phenoxy) is 1. The largest absolute Gasteiger partial charge is 0.495 e. The second kappa shape index (κ2) is 5.85. The van der Waals surface area contributed by atoms with E-state index >= 15 is 0 Å². The van der Waals surface area contributed by atoms with Gasteiger partial charge in [-0.25, -0.2) is 0 Å². The third kappa shape index (κ3) is 3.32. The standard InChI is InChI=1S/C12H15Br2NOS/c1-7-3-8(6-17-7)15-11-5-12(16-2)10(14)4-9(11)13/h4-5,7-8,15H,3,6H2,1-2H3. The zero-order valence-corrected chi connectivity index (χ0v) is 13.8. The zero-order chi connectivity index (χ0) is 12.4. The molecule has 94 valence electrons. The Hall–Kier alpha value is 0.130. The highest BCUT2D eigenvalue weighted by Gasteiger charge is 2.22. The van der Waals surface area contributed by atoms with Crippen molar-refractivity contribution < 1.29 is 4.74 Å². The fraction of sp³-hybridized carbons (Fsp3) is 0.500. The maximum atomic E-state index is 5.31. The summed E-state index contributed by atoms with van der Waals surface area (Å²) in [5, 5.41) is 4.33. The van der Waals surface area contributed by atoms with Crippen LogP contribution in [-0.2, 0) is 0 Å². The van der Waals surface area contributed by atoms with Crippen LogP contribution in [0.2, 0.25) is 0 Å². The van der Waals surface area contributed by atoms with E-state index < -0.39 is 0 Å². The van der Waals surface area contributed by atoms with E-state index in [-0.39, 0.29) is 0 Å². The van der Waals surface area contributed by atoms with Crippen LogP contribution in [0.3, 0.4) is 0 Å². The van der Waals surface area contributed by atoms with Crippen molar-refractivity contribution in [2.24, 2.45) is 0 Å². The molecule has 0 radical (unpaired) electrons. The number of benzene rings is 1. The molecule has 2 unspecified atom stereocenters. The van der Waals surface area contributed by atoms with Crippen LogP contribution in [0.4, 0.5) is 5.69 Å². The quantitative estimate of drug-likeness (QED) is 0.832. The van der Waals surface area contributed by atoms with Crippen molar-refractivity contribution in [2.45, 2.75) is 24.6 Å². The predicted molar refractivity (Wildman–Crippen MR) is 82.3 cm³/mol. The summed E-state index contributed by atoms with van der Waals surface area (Å²) in [7, 11) is 1.69. The van der Waals surface area contributed by atoms with Gasteiger partial charge in [0.15, 0.2) is 0 Å². The highest BCUT2D eigenvalue weighted by molar-refractivity contribution is 9.11. The van der Waals surface area contributed by atoms with E-state index in [1.807, 2.05) is 23.9 Å². The molecule has 2 rings (SSSR count). The minimum absolute atomic E-state index is 0.553. The molecule has 0 aromatic heterocycles. The van der Waals surface area contributed by atoms with E-state index in [2.05, 4.69) is 44.1 Å². The Kier molecular flexibility index (Phi) is 4.66. The average molecular weight is 381 g/mol. The molecular weight excluding hydrogens is 366 g/mol. The summed E-state index contributed by atoms with van der Waals surface area (Å²) in [6.45, 7) is 2.28. The minimum atomic E-state index is 0.553. The maximum Gasteiger partial charge on any atom is 0.135 e. The Morgan fingerprint density at radius 2 is 2.12 bits per heavy atom. The van der Waals surface area contributed by atoms with Crippen molar-refractivity contribution in [3.8, 4) is 5.75 Å². The van der Waals surface area contributed by atoms with Gasteiger partial charge in [0, 0.05) is 27.6 Å². The summed E-state index contributed by atoms with van der Waals surface area (Å²) in [6, 6.07) is 4.60. The van der Waals surface area contributed by atoms with Crippen LogP contribution in [0.5, 0.6) is 5.75 Å². The van der Waals surface area contributed by atoms with Gasteiger partial charge in [0.2, 0.25) is 0 Å². The van der Waals surface area contributed by atoms with E-state index in [4.69, 9.17) is 4.74 Å². The fourth-order valence-corrected chi connectivity index (χ4v) is 4.35. The highest BCUT2D eigenvalue weighted by Crippen LogP contribution is 2.36. The van der Waals surface area contributed by atoms with Crippen molar-refractivity contribution in [3.63, 3.8) is 0 Å². The first-order valence-corrected chi connectivity index (χ1v) is 8.14. The first-order valence-electron chi connectivity index (χ1n) is 5.51. The molecule has 2 atom stereocenters. The number of rotatable bonds is 3. The number of halogens is 2. The average Bonchev–Trinajstić information content (AvgIpc) is 2.68. The van der Waals surface area contributed by atoms with Crippen LogP contribution < -0.4 is 10.1 Å². The van der Waals surface area contributed by atoms with E-state index in [1.54, 1.807) is 7.11 Å². The second-order valence-electron chi connectivity index (χ2n) is 4.19. The molecule has 1 aliphatic rings. The SMILES string of the molecule is COc1cc(NC2CSC(C)C2)c(Br)cc1Br. The molecule has 0 bridgehead atoms. The molecule has 1 N–H and O–H groups in total. The third-order valence-electron chi connectivity index (χ3n) is 2.80. The van der Waals surface area contributed by atoms with Crippen molar-refractivity contribution in [3.05, 3.63) is 21.1 Å². The molecule has 0 aliphatic carbocycles. The number of thioether (sulfide) groups is 1. The van der Waals surface area contributed by atoms with Gasteiger partial charge in [-0.1, -0.05) is 6.92 Å². The molecule has 1 saturated heterocycles. The van der Waals surface area contributed by atoms with Gasteiger partial charge in [0.05, 0.1) is 17.3 Å². The normalized spacial score (nSPS) is 23.8. The molecule has 1 aliphatic heterocycles. The zero-order valence-electron chi connectivity index (χ0n) is 9.80. The molecule has 1 heterocycles. The first kappa shape index (κ1) is 13.6. The van der Waals surface area contributed by atoms with Crippen LogP contribution >= 0.6 is 43.6 Å². The second-order valence-corrected chi connectivity index (χ2v) is 7.37. The maximum absolute atomic E-state index is 5.31. The van der Waals surface area contributed by atoms with E-state index in [1.165, 1.54) is 12.2 Å². The molecule has 0 spiro atoms. The summed E-state index contributed by atoms with van der Waals surface area (Å²) >= 11 is 9.08. The lowest BCUT2D eigenvalue weighted by molar-refractivity contribution is 0.412. The molecular formula is C12H15Br2NOS. The number of hydrogen-bond acceptors (Lipinski definition) is 3.